The highest BCUT2D eigenvalue weighted by Gasteiger charge is 2.34. The van der Waals surface area contributed by atoms with Crippen molar-refractivity contribution in [1.29, 1.82) is 0 Å². The Morgan fingerprint density at radius 3 is 2.88 bits per heavy atom. The van der Waals surface area contributed by atoms with Crippen LogP contribution in [-0.2, 0) is 13.2 Å². The Hall–Kier alpha value is -2.18. The molecule has 1 aromatic rings. The van der Waals surface area contributed by atoms with E-state index in [-0.39, 0.29) is 23.8 Å². The van der Waals surface area contributed by atoms with Crippen LogP contribution in [0, 0.1) is 0 Å². The lowest BCUT2D eigenvalue weighted by atomic mass is 9.78. The van der Waals surface area contributed by atoms with Crippen LogP contribution < -0.4 is 5.56 Å². The third-order valence-corrected chi connectivity index (χ3v) is 5.48. The minimum atomic E-state index is -0.811. The molecule has 25 heavy (non-hydrogen) atoms. The molecule has 3 heterocycles. The summed E-state index contributed by atoms with van der Waals surface area (Å²) in [6.07, 6.45) is 4.36. The first-order chi connectivity index (χ1) is 11.9. The highest BCUT2D eigenvalue weighted by Crippen LogP contribution is 2.37. The Balaban J connectivity index is 1.94. The predicted octanol–water partition coefficient (Wildman–Crippen LogP) is 0.742. The molecule has 5 nitrogen and oxygen atoms in total. The lowest BCUT2D eigenvalue weighted by molar-refractivity contribution is 0.192. The summed E-state index contributed by atoms with van der Waals surface area (Å²) < 4.78 is 1.67. The topological polar surface area (TPSA) is 74.8 Å². The molecule has 1 aliphatic carbocycles. The number of aliphatic hydroxyl groups excluding tert-OH is 2. The molecule has 6 heteroatoms. The molecule has 128 valence electrons. The molecule has 0 amide bonds. The summed E-state index contributed by atoms with van der Waals surface area (Å²) in [6.45, 7) is 3.80. The number of nitrogens with zero attached hydrogens (tertiary/aromatic N) is 2. The van der Waals surface area contributed by atoms with Crippen molar-refractivity contribution in [3.63, 3.8) is 0 Å². The van der Waals surface area contributed by atoms with E-state index in [0.29, 0.717) is 12.1 Å². The number of dihydropyridines is 1. The summed E-state index contributed by atoms with van der Waals surface area (Å²) in [5.41, 5.74) is 6.90. The summed E-state index contributed by atoms with van der Waals surface area (Å²) in [5.74, 6) is 0. The molecule has 3 aliphatic rings. The maximum atomic E-state index is 12.8. The van der Waals surface area contributed by atoms with Crippen LogP contribution >= 0.6 is 0 Å². The molecule has 1 aromatic heterocycles. The van der Waals surface area contributed by atoms with E-state index >= 15 is 0 Å². The van der Waals surface area contributed by atoms with E-state index in [0.717, 1.165) is 23.4 Å². The molecule has 4 rings (SSSR count). The Bertz CT molecular complexity index is 964. The van der Waals surface area contributed by atoms with Crippen LogP contribution in [0.2, 0.25) is 0 Å². The Morgan fingerprint density at radius 1 is 1.44 bits per heavy atom. The summed E-state index contributed by atoms with van der Waals surface area (Å²) in [5, 5.41) is 19.6. The van der Waals surface area contributed by atoms with Gasteiger partial charge in [0.1, 0.15) is 7.85 Å². The van der Waals surface area contributed by atoms with Gasteiger partial charge >= 0.3 is 0 Å². The summed E-state index contributed by atoms with van der Waals surface area (Å²) in [7, 11) is 2.11. The van der Waals surface area contributed by atoms with Crippen LogP contribution in [0.15, 0.2) is 50.2 Å². The van der Waals surface area contributed by atoms with Crippen LogP contribution in [0.5, 0.6) is 0 Å². The van der Waals surface area contributed by atoms with E-state index in [4.69, 9.17) is 4.99 Å². The molecule has 0 radical (unpaired) electrons. The van der Waals surface area contributed by atoms with Crippen LogP contribution in [0.3, 0.4) is 0 Å². The Kier molecular flexibility index (Phi) is 3.70. The van der Waals surface area contributed by atoms with Crippen LogP contribution in [-0.4, -0.2) is 34.4 Å². The summed E-state index contributed by atoms with van der Waals surface area (Å²) in [4.78, 5) is 17.8. The van der Waals surface area contributed by atoms with Gasteiger partial charge in [-0.25, -0.2) is 0 Å². The van der Waals surface area contributed by atoms with Crippen molar-refractivity contribution in [2.45, 2.75) is 45.6 Å². The number of aliphatic hydroxyl groups is 2. The van der Waals surface area contributed by atoms with Gasteiger partial charge in [-0.15, -0.1) is 5.47 Å². The number of rotatable bonds is 2. The number of allylic oxidation sites excluding steroid dienone is 3. The van der Waals surface area contributed by atoms with Gasteiger partial charge in [-0.3, -0.25) is 9.79 Å². The van der Waals surface area contributed by atoms with Gasteiger partial charge in [0, 0.05) is 11.1 Å². The van der Waals surface area contributed by atoms with Crippen molar-refractivity contribution >= 4 is 13.6 Å². The molecule has 0 bridgehead atoms. The van der Waals surface area contributed by atoms with E-state index in [9.17, 15) is 15.0 Å². The van der Waals surface area contributed by atoms with E-state index < -0.39 is 6.10 Å². The molecule has 0 saturated carbocycles. The molecule has 0 saturated heterocycles. The maximum Gasteiger partial charge on any atom is 0.257 e. The average molecular weight is 336 g/mol. The second-order valence-electron chi connectivity index (χ2n) is 7.13. The number of hydrogen-bond donors (Lipinski definition) is 2. The molecule has 2 aliphatic heterocycles. The zero-order valence-electron chi connectivity index (χ0n) is 14.7. The lowest BCUT2D eigenvalue weighted by Gasteiger charge is -2.27. The zero-order valence-corrected chi connectivity index (χ0v) is 14.7. The summed E-state index contributed by atoms with van der Waals surface area (Å²) >= 11 is 0. The molecular weight excluding hydrogens is 315 g/mol. The smallest absolute Gasteiger partial charge is 0.257 e. The van der Waals surface area contributed by atoms with Crippen molar-refractivity contribution < 1.29 is 10.2 Å². The van der Waals surface area contributed by atoms with E-state index in [1.807, 2.05) is 6.07 Å². The fourth-order valence-corrected chi connectivity index (χ4v) is 4.07. The third kappa shape index (κ3) is 2.32. The van der Waals surface area contributed by atoms with Gasteiger partial charge in [0.25, 0.3) is 5.56 Å². The number of hydrogen-bond acceptors (Lipinski definition) is 4. The quantitative estimate of drug-likeness (QED) is 0.783. The predicted molar refractivity (Wildman–Crippen MR) is 99.6 cm³/mol. The Labute approximate surface area is 147 Å². The van der Waals surface area contributed by atoms with Crippen molar-refractivity contribution in [2.75, 3.05) is 0 Å². The summed E-state index contributed by atoms with van der Waals surface area (Å²) in [6, 6.07) is 1.91. The first-order valence-electron chi connectivity index (χ1n) is 8.64. The molecule has 2 atom stereocenters. The van der Waals surface area contributed by atoms with Crippen LogP contribution in [0.4, 0.5) is 0 Å². The lowest BCUT2D eigenvalue weighted by Crippen LogP contribution is -2.26. The molecule has 0 aromatic carbocycles. The normalized spacial score (nSPS) is 22.6. The fraction of sp³-hybridized carbons (Fsp3) is 0.368. The van der Waals surface area contributed by atoms with Crippen molar-refractivity contribution in [1.82, 2.24) is 4.57 Å². The number of fused-ring (bicyclic) bond motifs is 4. The van der Waals surface area contributed by atoms with E-state index in [2.05, 4.69) is 26.9 Å². The Morgan fingerprint density at radius 2 is 2.20 bits per heavy atom. The van der Waals surface area contributed by atoms with Gasteiger partial charge in [-0.05, 0) is 43.0 Å². The molecule has 0 spiro atoms. The second kappa shape index (κ2) is 5.68. The van der Waals surface area contributed by atoms with Gasteiger partial charge < -0.3 is 14.8 Å². The number of pyridine rings is 1. The first-order valence-corrected chi connectivity index (χ1v) is 8.64. The van der Waals surface area contributed by atoms with Gasteiger partial charge in [-0.1, -0.05) is 12.2 Å². The monoisotopic (exact) mass is 336 g/mol. The minimum Gasteiger partial charge on any atom is -0.391 e. The molecular formula is C19H21BN2O3. The molecule has 0 fully saturated rings. The van der Waals surface area contributed by atoms with Gasteiger partial charge in [0.15, 0.2) is 0 Å². The second-order valence-corrected chi connectivity index (χ2v) is 7.13. The molecule has 2 N–H and O–H groups in total. The maximum absolute atomic E-state index is 12.8. The van der Waals surface area contributed by atoms with Gasteiger partial charge in [-0.2, -0.15) is 0 Å². The highest BCUT2D eigenvalue weighted by atomic mass is 16.3. The van der Waals surface area contributed by atoms with E-state index in [1.165, 1.54) is 16.6 Å². The zero-order chi connectivity index (χ0) is 17.9. The standard InChI is InChI=1S/C19H21BN2O3/c1-9-12-4-3-11(20)5-16(12)21-18-14(9)7-22-17(18)6-13(10(2)24)15(8-23)19(22)25/h3-4,6,10,16,23-24H,5,7-8,20H2,1-2H3. The third-order valence-electron chi connectivity index (χ3n) is 5.48. The SMILES string of the molecule is BC1=CC=C2C(C)=C3Cn4c(cc(C(C)O)c(CO)c4=O)C3=NC2C1. The van der Waals surface area contributed by atoms with Gasteiger partial charge in [0.2, 0.25) is 0 Å². The number of aliphatic imine (C=N–C) groups is 1. The first kappa shape index (κ1) is 16.3. The largest absolute Gasteiger partial charge is 0.391 e. The van der Waals surface area contributed by atoms with Crippen LogP contribution in [0.1, 0.15) is 43.2 Å². The number of aromatic nitrogens is 1. The van der Waals surface area contributed by atoms with Crippen molar-refractivity contribution in [2.24, 2.45) is 4.99 Å². The average Bonchev–Trinajstić information content (AvgIpc) is 2.94. The van der Waals surface area contributed by atoms with Gasteiger partial charge in [0.05, 0.1) is 36.7 Å². The van der Waals surface area contributed by atoms with Crippen molar-refractivity contribution in [3.05, 3.63) is 67.6 Å². The van der Waals surface area contributed by atoms with Crippen LogP contribution in [0.25, 0.3) is 0 Å². The van der Waals surface area contributed by atoms with Crippen molar-refractivity contribution in [3.8, 4) is 0 Å². The highest BCUT2D eigenvalue weighted by molar-refractivity contribution is 6.22. The van der Waals surface area contributed by atoms with E-state index in [1.54, 1.807) is 11.5 Å². The minimum absolute atomic E-state index is 0.0953. The fourth-order valence-electron chi connectivity index (χ4n) is 4.07. The molecule has 2 unspecified atom stereocenters.